The van der Waals surface area contributed by atoms with Crippen molar-refractivity contribution in [1.82, 2.24) is 15.0 Å². The van der Waals surface area contributed by atoms with Gasteiger partial charge in [-0.05, 0) is 32.9 Å². The summed E-state index contributed by atoms with van der Waals surface area (Å²) in [6.07, 6.45) is 1.19. The largest absolute Gasteiger partial charge is 0.486 e. The van der Waals surface area contributed by atoms with Crippen molar-refractivity contribution in [2.75, 3.05) is 5.32 Å². The Morgan fingerprint density at radius 2 is 2.00 bits per heavy atom. The number of nitrogens with one attached hydrogen (secondary N) is 1. The minimum Gasteiger partial charge on any atom is -0.486 e. The fraction of sp³-hybridized carbons (Fsp3) is 0.333. The minimum atomic E-state index is -1.19. The van der Waals surface area contributed by atoms with Crippen LogP contribution in [0.25, 0.3) is 0 Å². The molecular formula is C15H18N4O4. The van der Waals surface area contributed by atoms with Crippen LogP contribution in [0.5, 0.6) is 5.75 Å². The van der Waals surface area contributed by atoms with E-state index >= 15 is 0 Å². The Balaban J connectivity index is 2.06. The summed E-state index contributed by atoms with van der Waals surface area (Å²) < 4.78 is 6.95. The Hall–Kier alpha value is -2.90. The number of rotatable bonds is 5. The third-order valence-corrected chi connectivity index (χ3v) is 2.64. The number of aromatic nitrogens is 3. The van der Waals surface area contributed by atoms with Gasteiger partial charge in [0.2, 0.25) is 5.91 Å². The normalized spacial score (nSPS) is 11.1. The average Bonchev–Trinajstić information content (AvgIpc) is 2.88. The van der Waals surface area contributed by atoms with E-state index in [-0.39, 0.29) is 18.1 Å². The number of carbonyl (C=O) groups excluding carboxylic acids is 1. The first kappa shape index (κ1) is 16.5. The molecule has 1 amide bonds. The van der Waals surface area contributed by atoms with Crippen molar-refractivity contribution in [2.24, 2.45) is 0 Å². The molecular weight excluding hydrogens is 300 g/mol. The zero-order valence-corrected chi connectivity index (χ0v) is 13.1. The summed E-state index contributed by atoms with van der Waals surface area (Å²) in [7, 11) is 0. The smallest absolute Gasteiger partial charge is 0.358 e. The summed E-state index contributed by atoms with van der Waals surface area (Å²) in [5, 5.41) is 18.5. The predicted molar refractivity (Wildman–Crippen MR) is 82.4 cm³/mol. The molecule has 2 rings (SSSR count). The zero-order valence-electron chi connectivity index (χ0n) is 13.1. The average molecular weight is 318 g/mol. The van der Waals surface area contributed by atoms with Crippen LogP contribution in [0.15, 0.2) is 30.5 Å². The van der Waals surface area contributed by atoms with Gasteiger partial charge >= 0.3 is 5.97 Å². The van der Waals surface area contributed by atoms with Crippen molar-refractivity contribution in [2.45, 2.75) is 32.9 Å². The molecule has 0 spiro atoms. The van der Waals surface area contributed by atoms with Crippen LogP contribution in [-0.4, -0.2) is 37.6 Å². The number of hydrogen-bond acceptors (Lipinski definition) is 5. The van der Waals surface area contributed by atoms with Gasteiger partial charge in [-0.3, -0.25) is 4.79 Å². The van der Waals surface area contributed by atoms with Crippen molar-refractivity contribution in [3.63, 3.8) is 0 Å². The molecule has 122 valence electrons. The second kappa shape index (κ2) is 6.47. The molecule has 0 aliphatic carbocycles. The van der Waals surface area contributed by atoms with Gasteiger partial charge in [-0.15, -0.1) is 5.10 Å². The van der Waals surface area contributed by atoms with Crippen LogP contribution >= 0.6 is 0 Å². The molecule has 1 aromatic carbocycles. The summed E-state index contributed by atoms with van der Waals surface area (Å²) in [6, 6.07) is 7.08. The molecule has 0 saturated carbocycles. The SMILES string of the molecule is CC(C)(C)Oc1ccccc1NC(=O)Cn1cc(C(=O)O)nn1. The number of amides is 1. The van der Waals surface area contributed by atoms with E-state index in [9.17, 15) is 9.59 Å². The minimum absolute atomic E-state index is 0.149. The first-order valence-corrected chi connectivity index (χ1v) is 6.96. The molecule has 0 fully saturated rings. The number of nitrogens with zero attached hydrogens (tertiary/aromatic N) is 3. The zero-order chi connectivity index (χ0) is 17.0. The van der Waals surface area contributed by atoms with Crippen LogP contribution in [0.2, 0.25) is 0 Å². The number of hydrogen-bond donors (Lipinski definition) is 2. The van der Waals surface area contributed by atoms with Crippen LogP contribution in [-0.2, 0) is 11.3 Å². The van der Waals surface area contributed by atoms with Gasteiger partial charge in [0.15, 0.2) is 5.69 Å². The topological polar surface area (TPSA) is 106 Å². The summed E-state index contributed by atoms with van der Waals surface area (Å²) in [5.41, 5.74) is -0.0800. The number of aromatic carboxylic acids is 1. The maximum absolute atomic E-state index is 12.1. The van der Waals surface area contributed by atoms with Gasteiger partial charge in [-0.1, -0.05) is 17.3 Å². The lowest BCUT2D eigenvalue weighted by molar-refractivity contribution is -0.117. The monoisotopic (exact) mass is 318 g/mol. The molecule has 0 bridgehead atoms. The molecule has 2 N–H and O–H groups in total. The first-order chi connectivity index (χ1) is 10.7. The van der Waals surface area contributed by atoms with Gasteiger partial charge < -0.3 is 15.2 Å². The number of carboxylic acids is 1. The second-order valence-electron chi connectivity index (χ2n) is 5.87. The van der Waals surface area contributed by atoms with E-state index in [2.05, 4.69) is 15.6 Å². The standard InChI is InChI=1S/C15H18N4O4/c1-15(2,3)23-12-7-5-4-6-10(12)16-13(20)9-19-8-11(14(21)22)17-18-19/h4-8H,9H2,1-3H3,(H,16,20)(H,21,22). The van der Waals surface area contributed by atoms with Gasteiger partial charge in [-0.2, -0.15) is 0 Å². The number of benzene rings is 1. The summed E-state index contributed by atoms with van der Waals surface area (Å²) in [4.78, 5) is 22.8. The predicted octanol–water partition coefficient (Wildman–Crippen LogP) is 1.79. The van der Waals surface area contributed by atoms with E-state index in [0.29, 0.717) is 11.4 Å². The van der Waals surface area contributed by atoms with Gasteiger partial charge in [0.05, 0.1) is 11.9 Å². The van der Waals surface area contributed by atoms with Crippen LogP contribution in [0, 0.1) is 0 Å². The molecule has 23 heavy (non-hydrogen) atoms. The Morgan fingerprint density at radius 1 is 1.30 bits per heavy atom. The fourth-order valence-electron chi connectivity index (χ4n) is 1.80. The molecule has 0 saturated heterocycles. The highest BCUT2D eigenvalue weighted by Crippen LogP contribution is 2.27. The Bertz CT molecular complexity index is 718. The van der Waals surface area contributed by atoms with Crippen LogP contribution in [0.1, 0.15) is 31.3 Å². The highest BCUT2D eigenvalue weighted by molar-refractivity contribution is 5.92. The van der Waals surface area contributed by atoms with Crippen molar-refractivity contribution < 1.29 is 19.4 Å². The maximum Gasteiger partial charge on any atom is 0.358 e. The van der Waals surface area contributed by atoms with Crippen molar-refractivity contribution >= 4 is 17.6 Å². The van der Waals surface area contributed by atoms with Crippen molar-refractivity contribution in [3.05, 3.63) is 36.2 Å². The first-order valence-electron chi connectivity index (χ1n) is 6.96. The Labute approximate surface area is 133 Å². The van der Waals surface area contributed by atoms with E-state index < -0.39 is 11.6 Å². The third-order valence-electron chi connectivity index (χ3n) is 2.64. The fourth-order valence-corrected chi connectivity index (χ4v) is 1.80. The molecule has 0 aliphatic heterocycles. The van der Waals surface area contributed by atoms with Gasteiger partial charge in [0, 0.05) is 0 Å². The lowest BCUT2D eigenvalue weighted by Crippen LogP contribution is -2.25. The highest BCUT2D eigenvalue weighted by Gasteiger charge is 2.16. The van der Waals surface area contributed by atoms with E-state index in [0.717, 1.165) is 4.68 Å². The van der Waals surface area contributed by atoms with Crippen molar-refractivity contribution in [1.29, 1.82) is 0 Å². The van der Waals surface area contributed by atoms with Crippen molar-refractivity contribution in [3.8, 4) is 5.75 Å². The molecule has 8 nitrogen and oxygen atoms in total. The van der Waals surface area contributed by atoms with E-state index in [1.807, 2.05) is 26.8 Å². The number of para-hydroxylation sites is 2. The molecule has 0 radical (unpaired) electrons. The van der Waals surface area contributed by atoms with Crippen LogP contribution in [0.3, 0.4) is 0 Å². The number of carboxylic acid groups (broad SMARTS) is 1. The second-order valence-corrected chi connectivity index (χ2v) is 5.87. The molecule has 2 aromatic rings. The quantitative estimate of drug-likeness (QED) is 0.870. The number of anilines is 1. The number of ether oxygens (including phenoxy) is 1. The summed E-state index contributed by atoms with van der Waals surface area (Å²) in [5.74, 6) is -1.00. The van der Waals surface area contributed by atoms with Crippen LogP contribution < -0.4 is 10.1 Å². The summed E-state index contributed by atoms with van der Waals surface area (Å²) >= 11 is 0. The third kappa shape index (κ3) is 4.80. The molecule has 0 unspecified atom stereocenters. The molecule has 1 heterocycles. The van der Waals surface area contributed by atoms with E-state index in [1.54, 1.807) is 18.2 Å². The highest BCUT2D eigenvalue weighted by atomic mass is 16.5. The van der Waals surface area contributed by atoms with E-state index in [1.165, 1.54) is 6.20 Å². The molecule has 0 atom stereocenters. The molecule has 0 aliphatic rings. The maximum atomic E-state index is 12.1. The lowest BCUT2D eigenvalue weighted by atomic mass is 10.2. The van der Waals surface area contributed by atoms with Gasteiger partial charge in [0.25, 0.3) is 0 Å². The van der Waals surface area contributed by atoms with Gasteiger partial charge in [-0.25, -0.2) is 9.48 Å². The molecule has 1 aromatic heterocycles. The number of carbonyl (C=O) groups is 2. The molecule has 8 heteroatoms. The Morgan fingerprint density at radius 3 is 2.61 bits per heavy atom. The lowest BCUT2D eigenvalue weighted by Gasteiger charge is -2.23. The summed E-state index contributed by atoms with van der Waals surface area (Å²) in [6.45, 7) is 5.58. The van der Waals surface area contributed by atoms with Crippen LogP contribution in [0.4, 0.5) is 5.69 Å². The van der Waals surface area contributed by atoms with Gasteiger partial charge in [0.1, 0.15) is 17.9 Å². The Kier molecular flexibility index (Phi) is 4.63. The van der Waals surface area contributed by atoms with E-state index in [4.69, 9.17) is 9.84 Å².